The van der Waals surface area contributed by atoms with Gasteiger partial charge in [0.15, 0.2) is 0 Å². The average Bonchev–Trinajstić information content (AvgIpc) is 2.85. The highest BCUT2D eigenvalue weighted by Gasteiger charge is 2.37. The van der Waals surface area contributed by atoms with Gasteiger partial charge in [-0.25, -0.2) is 0 Å². The van der Waals surface area contributed by atoms with Crippen LogP contribution in [-0.2, 0) is 11.2 Å². The highest BCUT2D eigenvalue weighted by molar-refractivity contribution is 5.85. The summed E-state index contributed by atoms with van der Waals surface area (Å²) in [6.45, 7) is 1.97. The van der Waals surface area contributed by atoms with Crippen LogP contribution < -0.4 is 14.8 Å². The molecule has 2 aliphatic rings. The third-order valence-electron chi connectivity index (χ3n) is 4.98. The van der Waals surface area contributed by atoms with Gasteiger partial charge in [0.25, 0.3) is 0 Å². The van der Waals surface area contributed by atoms with Crippen LogP contribution in [0.25, 0.3) is 0 Å². The second kappa shape index (κ2) is 8.58. The Kier molecular flexibility index (Phi) is 6.75. The maximum absolute atomic E-state index is 12.7. The van der Waals surface area contributed by atoms with E-state index < -0.39 is 0 Å². The van der Waals surface area contributed by atoms with Crippen LogP contribution in [0.4, 0.5) is 0 Å². The van der Waals surface area contributed by atoms with Gasteiger partial charge in [-0.05, 0) is 49.9 Å². The molecule has 2 unspecified atom stereocenters. The number of methoxy groups -OCH3 is 2. The van der Waals surface area contributed by atoms with E-state index in [0.717, 1.165) is 55.8 Å². The molecule has 0 spiro atoms. The molecule has 24 heavy (non-hydrogen) atoms. The zero-order valence-electron chi connectivity index (χ0n) is 14.4. The Balaban J connectivity index is 0.00000208. The first-order chi connectivity index (χ1) is 11.2. The van der Waals surface area contributed by atoms with E-state index in [1.54, 1.807) is 14.2 Å². The van der Waals surface area contributed by atoms with Crippen LogP contribution >= 0.6 is 12.4 Å². The van der Waals surface area contributed by atoms with Crippen LogP contribution in [0.1, 0.15) is 31.2 Å². The van der Waals surface area contributed by atoms with Crippen LogP contribution in [0.5, 0.6) is 11.5 Å². The summed E-state index contributed by atoms with van der Waals surface area (Å²) >= 11 is 0. The van der Waals surface area contributed by atoms with Crippen molar-refractivity contribution in [1.29, 1.82) is 0 Å². The summed E-state index contributed by atoms with van der Waals surface area (Å²) < 4.78 is 10.6. The normalized spacial score (nSPS) is 22.5. The van der Waals surface area contributed by atoms with Crippen LogP contribution in [0.2, 0.25) is 0 Å². The van der Waals surface area contributed by atoms with Gasteiger partial charge in [-0.15, -0.1) is 12.4 Å². The predicted molar refractivity (Wildman–Crippen MR) is 96.3 cm³/mol. The fourth-order valence-electron chi connectivity index (χ4n) is 3.78. The SMILES string of the molecule is COc1cc(CCC(=O)N2C3CCNCC2CC3)cc(OC)c1.Cl. The van der Waals surface area contributed by atoms with E-state index in [9.17, 15) is 4.79 Å². The molecule has 0 aliphatic carbocycles. The van der Waals surface area contributed by atoms with Gasteiger partial charge in [-0.1, -0.05) is 0 Å². The number of carbonyl (C=O) groups excluding carboxylic acids is 1. The van der Waals surface area contributed by atoms with Crippen molar-refractivity contribution >= 4 is 18.3 Å². The molecular formula is C18H27ClN2O3. The highest BCUT2D eigenvalue weighted by atomic mass is 35.5. The number of carbonyl (C=O) groups is 1. The van der Waals surface area contributed by atoms with Crippen LogP contribution in [0.15, 0.2) is 18.2 Å². The third-order valence-corrected chi connectivity index (χ3v) is 4.98. The summed E-state index contributed by atoms with van der Waals surface area (Å²) in [5.74, 6) is 1.82. The van der Waals surface area contributed by atoms with E-state index in [2.05, 4.69) is 10.2 Å². The number of halogens is 1. The van der Waals surface area contributed by atoms with Crippen molar-refractivity contribution in [3.8, 4) is 11.5 Å². The number of hydrogen-bond donors (Lipinski definition) is 1. The summed E-state index contributed by atoms with van der Waals surface area (Å²) in [5.41, 5.74) is 1.08. The lowest BCUT2D eigenvalue weighted by molar-refractivity contribution is -0.133. The van der Waals surface area contributed by atoms with Crippen LogP contribution in [-0.4, -0.2) is 50.2 Å². The van der Waals surface area contributed by atoms with E-state index in [1.807, 2.05) is 18.2 Å². The molecule has 2 heterocycles. The summed E-state index contributed by atoms with van der Waals surface area (Å²) in [7, 11) is 3.29. The Morgan fingerprint density at radius 1 is 1.12 bits per heavy atom. The van der Waals surface area contributed by atoms with Crippen molar-refractivity contribution in [2.24, 2.45) is 0 Å². The number of amides is 1. The number of nitrogens with zero attached hydrogens (tertiary/aromatic N) is 1. The maximum atomic E-state index is 12.7. The molecule has 1 N–H and O–H groups in total. The minimum absolute atomic E-state index is 0. The molecule has 1 aromatic carbocycles. The molecule has 1 aromatic rings. The maximum Gasteiger partial charge on any atom is 0.223 e. The Hall–Kier alpha value is -1.46. The van der Waals surface area contributed by atoms with E-state index in [0.29, 0.717) is 18.5 Å². The van der Waals surface area contributed by atoms with E-state index in [-0.39, 0.29) is 18.3 Å². The largest absolute Gasteiger partial charge is 0.497 e. The number of hydrogen-bond acceptors (Lipinski definition) is 4. The van der Waals surface area contributed by atoms with Crippen molar-refractivity contribution in [2.45, 2.75) is 44.2 Å². The van der Waals surface area contributed by atoms with Gasteiger partial charge < -0.3 is 19.7 Å². The smallest absolute Gasteiger partial charge is 0.223 e. The number of nitrogens with one attached hydrogen (secondary N) is 1. The van der Waals surface area contributed by atoms with Gasteiger partial charge in [0.1, 0.15) is 11.5 Å². The van der Waals surface area contributed by atoms with Gasteiger partial charge in [0.05, 0.1) is 14.2 Å². The third kappa shape index (κ3) is 4.14. The standard InChI is InChI=1S/C18H26N2O3.ClH/c1-22-16-9-13(10-17(11-16)23-2)3-6-18(21)20-14-4-5-15(20)12-19-8-7-14;/h9-11,14-15,19H,3-8,12H2,1-2H3;1H. The van der Waals surface area contributed by atoms with Gasteiger partial charge in [0.2, 0.25) is 5.91 Å². The molecule has 3 rings (SSSR count). The molecule has 134 valence electrons. The molecule has 2 atom stereocenters. The van der Waals surface area contributed by atoms with Crippen molar-refractivity contribution in [3.63, 3.8) is 0 Å². The highest BCUT2D eigenvalue weighted by Crippen LogP contribution is 2.29. The summed E-state index contributed by atoms with van der Waals surface area (Å²) in [6, 6.07) is 6.63. The van der Waals surface area contributed by atoms with Crippen molar-refractivity contribution < 1.29 is 14.3 Å². The molecule has 6 heteroatoms. The molecule has 2 fully saturated rings. The quantitative estimate of drug-likeness (QED) is 0.882. The number of aryl methyl sites for hydroxylation is 1. The monoisotopic (exact) mass is 354 g/mol. The Bertz CT molecular complexity index is 531. The molecule has 0 aromatic heterocycles. The number of ether oxygens (including phenoxy) is 2. The van der Waals surface area contributed by atoms with Gasteiger partial charge in [-0.2, -0.15) is 0 Å². The minimum atomic E-state index is 0. The first-order valence-corrected chi connectivity index (χ1v) is 8.45. The number of rotatable bonds is 5. The van der Waals surface area contributed by atoms with E-state index >= 15 is 0 Å². The first kappa shape index (κ1) is 18.9. The molecule has 2 aliphatic heterocycles. The Morgan fingerprint density at radius 3 is 2.46 bits per heavy atom. The molecule has 0 radical (unpaired) electrons. The predicted octanol–water partition coefficient (Wildman–Crippen LogP) is 2.41. The lowest BCUT2D eigenvalue weighted by atomic mass is 10.1. The fourth-order valence-corrected chi connectivity index (χ4v) is 3.78. The van der Waals surface area contributed by atoms with Gasteiger partial charge in [-0.3, -0.25) is 4.79 Å². The molecule has 1 amide bonds. The Morgan fingerprint density at radius 2 is 1.79 bits per heavy atom. The fraction of sp³-hybridized carbons (Fsp3) is 0.611. The first-order valence-electron chi connectivity index (χ1n) is 8.45. The Labute approximate surface area is 150 Å². The van der Waals surface area contributed by atoms with Crippen molar-refractivity contribution in [3.05, 3.63) is 23.8 Å². The molecule has 2 saturated heterocycles. The van der Waals surface area contributed by atoms with Crippen molar-refractivity contribution in [2.75, 3.05) is 27.3 Å². The molecule has 0 saturated carbocycles. The van der Waals surface area contributed by atoms with Crippen LogP contribution in [0.3, 0.4) is 0 Å². The zero-order valence-corrected chi connectivity index (χ0v) is 15.2. The topological polar surface area (TPSA) is 50.8 Å². The van der Waals surface area contributed by atoms with Gasteiger partial charge in [0, 0.05) is 31.1 Å². The summed E-state index contributed by atoms with van der Waals surface area (Å²) in [6.07, 6.45) is 4.63. The molecule has 5 nitrogen and oxygen atoms in total. The minimum Gasteiger partial charge on any atom is -0.497 e. The molecular weight excluding hydrogens is 328 g/mol. The summed E-state index contributed by atoms with van der Waals surface area (Å²) in [4.78, 5) is 14.9. The second-order valence-corrected chi connectivity index (χ2v) is 6.40. The molecule has 2 bridgehead atoms. The van der Waals surface area contributed by atoms with E-state index in [1.165, 1.54) is 0 Å². The second-order valence-electron chi connectivity index (χ2n) is 6.40. The van der Waals surface area contributed by atoms with E-state index in [4.69, 9.17) is 9.47 Å². The summed E-state index contributed by atoms with van der Waals surface area (Å²) in [5, 5.41) is 3.44. The number of fused-ring (bicyclic) bond motifs is 2. The van der Waals surface area contributed by atoms with Crippen LogP contribution in [0, 0.1) is 0 Å². The lowest BCUT2D eigenvalue weighted by Gasteiger charge is -2.28. The number of benzene rings is 1. The lowest BCUT2D eigenvalue weighted by Crippen LogP contribution is -2.42. The average molecular weight is 355 g/mol. The van der Waals surface area contributed by atoms with Gasteiger partial charge >= 0.3 is 0 Å². The zero-order chi connectivity index (χ0) is 16.2. The van der Waals surface area contributed by atoms with Crippen molar-refractivity contribution in [1.82, 2.24) is 10.2 Å².